The molecule has 0 aliphatic carbocycles. The van der Waals surface area contributed by atoms with Crippen LogP contribution in [0.3, 0.4) is 0 Å². The quantitative estimate of drug-likeness (QED) is 0.721. The summed E-state index contributed by atoms with van der Waals surface area (Å²) in [5.74, 6) is 1.35. The van der Waals surface area contributed by atoms with Crippen LogP contribution in [0.4, 0.5) is 11.6 Å². The van der Waals surface area contributed by atoms with Gasteiger partial charge >= 0.3 is 0 Å². The third-order valence-electron chi connectivity index (χ3n) is 3.74. The summed E-state index contributed by atoms with van der Waals surface area (Å²) in [6, 6.07) is 3.97. The first kappa shape index (κ1) is 13.0. The molecule has 8 heteroatoms. The van der Waals surface area contributed by atoms with Crippen molar-refractivity contribution < 1.29 is 4.74 Å². The molecule has 0 saturated carbocycles. The molecule has 0 spiro atoms. The molecule has 3 aromatic rings. The van der Waals surface area contributed by atoms with Gasteiger partial charge < -0.3 is 15.4 Å². The summed E-state index contributed by atoms with van der Waals surface area (Å²) < 4.78 is 5.35. The molecule has 1 fully saturated rings. The SMILES string of the molecule is Nc1ncnc2[nH]nc(-c3ccc(N4CCOCC4)nc3)c12. The Hall–Kier alpha value is -2.74. The van der Waals surface area contributed by atoms with Crippen molar-refractivity contribution in [1.29, 1.82) is 0 Å². The number of hydrogen-bond acceptors (Lipinski definition) is 7. The number of fused-ring (bicyclic) bond motifs is 1. The van der Waals surface area contributed by atoms with Crippen LogP contribution in [-0.2, 0) is 4.74 Å². The van der Waals surface area contributed by atoms with Gasteiger partial charge in [0.25, 0.3) is 0 Å². The molecule has 0 atom stereocenters. The molecule has 1 saturated heterocycles. The standard InChI is InChI=1S/C14H15N7O/c15-13-11-12(19-20-14(11)18-8-17-13)9-1-2-10(16-7-9)21-3-5-22-6-4-21/h1-2,7-8H,3-6H2,(H3,15,17,18,19,20). The number of pyridine rings is 1. The summed E-state index contributed by atoms with van der Waals surface area (Å²) in [5, 5.41) is 7.88. The molecule has 3 N–H and O–H groups in total. The van der Waals surface area contributed by atoms with Crippen LogP contribution in [0.1, 0.15) is 0 Å². The highest BCUT2D eigenvalue weighted by Crippen LogP contribution is 2.28. The average Bonchev–Trinajstić information content (AvgIpc) is 3.01. The van der Waals surface area contributed by atoms with E-state index in [2.05, 4.69) is 30.0 Å². The number of morpholine rings is 1. The Kier molecular flexibility index (Phi) is 3.08. The maximum Gasteiger partial charge on any atom is 0.161 e. The Morgan fingerprint density at radius 1 is 1.14 bits per heavy atom. The van der Waals surface area contributed by atoms with Crippen molar-refractivity contribution in [3.05, 3.63) is 24.7 Å². The highest BCUT2D eigenvalue weighted by Gasteiger charge is 2.15. The van der Waals surface area contributed by atoms with E-state index in [-0.39, 0.29) is 0 Å². The minimum Gasteiger partial charge on any atom is -0.383 e. The average molecular weight is 297 g/mol. The largest absolute Gasteiger partial charge is 0.383 e. The van der Waals surface area contributed by atoms with Crippen LogP contribution in [0, 0.1) is 0 Å². The van der Waals surface area contributed by atoms with Crippen LogP contribution in [0.25, 0.3) is 22.3 Å². The van der Waals surface area contributed by atoms with E-state index in [0.29, 0.717) is 17.2 Å². The summed E-state index contributed by atoms with van der Waals surface area (Å²) in [6.45, 7) is 3.19. The van der Waals surface area contributed by atoms with Gasteiger partial charge in [-0.1, -0.05) is 0 Å². The topological polar surface area (TPSA) is 106 Å². The number of H-pyrrole nitrogens is 1. The number of anilines is 2. The zero-order valence-corrected chi connectivity index (χ0v) is 11.9. The fourth-order valence-electron chi connectivity index (χ4n) is 2.60. The highest BCUT2D eigenvalue weighted by atomic mass is 16.5. The number of ether oxygens (including phenoxy) is 1. The van der Waals surface area contributed by atoms with Crippen molar-refractivity contribution in [2.24, 2.45) is 0 Å². The Morgan fingerprint density at radius 3 is 2.77 bits per heavy atom. The third kappa shape index (κ3) is 2.13. The van der Waals surface area contributed by atoms with Crippen LogP contribution in [0.5, 0.6) is 0 Å². The molecular weight excluding hydrogens is 282 g/mol. The van der Waals surface area contributed by atoms with Gasteiger partial charge in [-0.05, 0) is 12.1 Å². The minimum atomic E-state index is 0.408. The summed E-state index contributed by atoms with van der Waals surface area (Å²) in [7, 11) is 0. The maximum absolute atomic E-state index is 5.93. The van der Waals surface area contributed by atoms with E-state index in [1.54, 1.807) is 6.20 Å². The van der Waals surface area contributed by atoms with Crippen molar-refractivity contribution in [2.75, 3.05) is 36.9 Å². The van der Waals surface area contributed by atoms with Gasteiger partial charge in [-0.2, -0.15) is 5.10 Å². The number of aromatic nitrogens is 5. The van der Waals surface area contributed by atoms with Crippen molar-refractivity contribution >= 4 is 22.7 Å². The van der Waals surface area contributed by atoms with E-state index in [4.69, 9.17) is 10.5 Å². The van der Waals surface area contributed by atoms with Gasteiger partial charge in [-0.15, -0.1) is 0 Å². The maximum atomic E-state index is 5.93. The van der Waals surface area contributed by atoms with E-state index in [1.807, 2.05) is 12.1 Å². The van der Waals surface area contributed by atoms with E-state index in [9.17, 15) is 0 Å². The molecule has 8 nitrogen and oxygen atoms in total. The van der Waals surface area contributed by atoms with Crippen molar-refractivity contribution in [1.82, 2.24) is 25.1 Å². The molecule has 22 heavy (non-hydrogen) atoms. The lowest BCUT2D eigenvalue weighted by molar-refractivity contribution is 0.122. The molecule has 112 valence electrons. The van der Waals surface area contributed by atoms with Crippen molar-refractivity contribution in [3.63, 3.8) is 0 Å². The lowest BCUT2D eigenvalue weighted by Crippen LogP contribution is -2.36. The van der Waals surface area contributed by atoms with E-state index < -0.39 is 0 Å². The number of aromatic amines is 1. The zero-order valence-electron chi connectivity index (χ0n) is 11.9. The van der Waals surface area contributed by atoms with Gasteiger partial charge in [0.05, 0.1) is 18.6 Å². The van der Waals surface area contributed by atoms with E-state index >= 15 is 0 Å². The third-order valence-corrected chi connectivity index (χ3v) is 3.74. The van der Waals surface area contributed by atoms with Gasteiger partial charge in [0.1, 0.15) is 23.7 Å². The van der Waals surface area contributed by atoms with E-state index in [1.165, 1.54) is 6.33 Å². The van der Waals surface area contributed by atoms with Crippen LogP contribution in [0.2, 0.25) is 0 Å². The Bertz CT molecular complexity index is 793. The second kappa shape index (κ2) is 5.23. The molecule has 0 amide bonds. The molecule has 4 rings (SSSR count). The van der Waals surface area contributed by atoms with Crippen LogP contribution >= 0.6 is 0 Å². The highest BCUT2D eigenvalue weighted by molar-refractivity contribution is 5.97. The fourth-order valence-corrected chi connectivity index (χ4v) is 2.60. The predicted molar refractivity (Wildman–Crippen MR) is 82.4 cm³/mol. The predicted octanol–water partition coefficient (Wildman–Crippen LogP) is 0.834. The van der Waals surface area contributed by atoms with Gasteiger partial charge in [-0.25, -0.2) is 15.0 Å². The molecule has 0 radical (unpaired) electrons. The first-order valence-corrected chi connectivity index (χ1v) is 7.06. The number of rotatable bonds is 2. The number of nitrogens with one attached hydrogen (secondary N) is 1. The number of hydrogen-bond donors (Lipinski definition) is 2. The molecule has 4 heterocycles. The molecule has 3 aromatic heterocycles. The summed E-state index contributed by atoms with van der Waals surface area (Å²) in [5.41, 5.74) is 8.15. The number of nitrogens with two attached hydrogens (primary N) is 1. The fraction of sp³-hybridized carbons (Fsp3) is 0.286. The monoisotopic (exact) mass is 297 g/mol. The minimum absolute atomic E-state index is 0.408. The smallest absolute Gasteiger partial charge is 0.161 e. The van der Waals surface area contributed by atoms with E-state index in [0.717, 1.165) is 43.1 Å². The van der Waals surface area contributed by atoms with Gasteiger partial charge in [0, 0.05) is 24.8 Å². The lowest BCUT2D eigenvalue weighted by Gasteiger charge is -2.27. The van der Waals surface area contributed by atoms with Crippen LogP contribution in [0.15, 0.2) is 24.7 Å². The number of nitrogens with zero attached hydrogens (tertiary/aromatic N) is 5. The molecule has 0 bridgehead atoms. The number of nitrogen functional groups attached to an aromatic ring is 1. The molecular formula is C14H15N7O. The second-order valence-corrected chi connectivity index (χ2v) is 5.06. The molecule has 0 unspecified atom stereocenters. The van der Waals surface area contributed by atoms with Crippen LogP contribution < -0.4 is 10.6 Å². The van der Waals surface area contributed by atoms with Crippen LogP contribution in [-0.4, -0.2) is 51.5 Å². The molecule has 0 aromatic carbocycles. The van der Waals surface area contributed by atoms with Gasteiger partial charge in [-0.3, -0.25) is 5.10 Å². The van der Waals surface area contributed by atoms with Gasteiger partial charge in [0.15, 0.2) is 5.65 Å². The zero-order chi connectivity index (χ0) is 14.9. The second-order valence-electron chi connectivity index (χ2n) is 5.06. The lowest BCUT2D eigenvalue weighted by atomic mass is 10.1. The first-order chi connectivity index (χ1) is 10.8. The van der Waals surface area contributed by atoms with Crippen molar-refractivity contribution in [3.8, 4) is 11.3 Å². The Balaban J connectivity index is 1.70. The van der Waals surface area contributed by atoms with Crippen molar-refractivity contribution in [2.45, 2.75) is 0 Å². The van der Waals surface area contributed by atoms with Gasteiger partial charge in [0.2, 0.25) is 0 Å². The normalized spacial score (nSPS) is 15.4. The first-order valence-electron chi connectivity index (χ1n) is 7.06. The summed E-state index contributed by atoms with van der Waals surface area (Å²) in [6.07, 6.45) is 3.21. The molecule has 1 aliphatic rings. The Morgan fingerprint density at radius 2 is 2.00 bits per heavy atom. The summed E-state index contributed by atoms with van der Waals surface area (Å²) in [4.78, 5) is 14.9. The Labute approximate surface area is 126 Å². The molecule has 1 aliphatic heterocycles. The summed E-state index contributed by atoms with van der Waals surface area (Å²) >= 11 is 0.